The third-order valence-electron chi connectivity index (χ3n) is 5.33. The first-order valence-corrected chi connectivity index (χ1v) is 9.52. The van der Waals surface area contributed by atoms with Crippen molar-refractivity contribution in [1.29, 1.82) is 0 Å². The lowest BCUT2D eigenvalue weighted by Gasteiger charge is -2.32. The maximum Gasteiger partial charge on any atom is 0.147 e. The van der Waals surface area contributed by atoms with E-state index >= 15 is 0 Å². The van der Waals surface area contributed by atoms with Crippen molar-refractivity contribution in [2.24, 2.45) is 0 Å². The van der Waals surface area contributed by atoms with Crippen molar-refractivity contribution in [2.75, 3.05) is 26.2 Å². The first-order valence-electron chi connectivity index (χ1n) is 9.52. The van der Waals surface area contributed by atoms with Gasteiger partial charge in [0.2, 0.25) is 0 Å². The Labute approximate surface area is 154 Å². The van der Waals surface area contributed by atoms with Crippen molar-refractivity contribution in [3.05, 3.63) is 54.1 Å². The number of para-hydroxylation sites is 1. The molecule has 0 saturated carbocycles. The molecule has 6 nitrogen and oxygen atoms in total. The second-order valence-electron chi connectivity index (χ2n) is 7.06. The largest absolute Gasteiger partial charge is 0.489 e. The van der Waals surface area contributed by atoms with Crippen molar-refractivity contribution < 1.29 is 4.74 Å². The number of likely N-dealkylation sites (tertiary alicyclic amines) is 1. The first-order chi connectivity index (χ1) is 12.8. The molecule has 26 heavy (non-hydrogen) atoms. The normalized spacial score (nSPS) is 18.5. The Bertz CT molecular complexity index is 748. The van der Waals surface area contributed by atoms with Crippen LogP contribution in [0, 0.1) is 0 Å². The number of fused-ring (bicyclic) bond motifs is 1. The van der Waals surface area contributed by atoms with Crippen LogP contribution in [0.2, 0.25) is 0 Å². The third kappa shape index (κ3) is 3.66. The van der Waals surface area contributed by atoms with E-state index in [9.17, 15) is 0 Å². The molecule has 4 rings (SSSR count). The number of nitrogens with one attached hydrogen (secondary N) is 1. The molecule has 1 N–H and O–H groups in total. The van der Waals surface area contributed by atoms with Crippen molar-refractivity contribution >= 4 is 0 Å². The summed E-state index contributed by atoms with van der Waals surface area (Å²) in [4.78, 5) is 2.52. The minimum atomic E-state index is 0.526. The van der Waals surface area contributed by atoms with Gasteiger partial charge in [0.25, 0.3) is 0 Å². The van der Waals surface area contributed by atoms with E-state index in [1.165, 1.54) is 11.4 Å². The molecular weight excluding hydrogens is 326 g/mol. The topological polar surface area (TPSA) is 55.2 Å². The molecule has 6 heteroatoms. The Hall–Kier alpha value is -2.18. The van der Waals surface area contributed by atoms with Crippen LogP contribution in [0.25, 0.3) is 0 Å². The van der Waals surface area contributed by atoms with Crippen molar-refractivity contribution in [1.82, 2.24) is 25.0 Å². The zero-order chi connectivity index (χ0) is 17.8. The van der Waals surface area contributed by atoms with Crippen LogP contribution < -0.4 is 10.1 Å². The summed E-state index contributed by atoms with van der Waals surface area (Å²) in [5.74, 6) is 3.77. The van der Waals surface area contributed by atoms with Crippen LogP contribution in [0.5, 0.6) is 5.75 Å². The molecule has 0 unspecified atom stereocenters. The van der Waals surface area contributed by atoms with Gasteiger partial charge in [-0.1, -0.05) is 30.9 Å². The maximum absolute atomic E-state index is 5.80. The molecule has 2 aliphatic rings. The summed E-state index contributed by atoms with van der Waals surface area (Å²) in [6.45, 7) is 10.2. The molecule has 1 aromatic carbocycles. The second kappa shape index (κ2) is 8.01. The molecule has 138 valence electrons. The standard InChI is InChI=1S/C20H27N5O/c1-2-13-26-18-6-4-3-5-17(18)15-24-10-7-16(8-11-24)20-23-22-19-14-21-9-12-25(19)20/h2-6,16,21H,1,7-15H2. The van der Waals surface area contributed by atoms with E-state index < -0.39 is 0 Å². The van der Waals surface area contributed by atoms with Crippen LogP contribution in [0.15, 0.2) is 36.9 Å². The van der Waals surface area contributed by atoms with Gasteiger partial charge in [-0.25, -0.2) is 0 Å². The zero-order valence-electron chi connectivity index (χ0n) is 15.2. The molecule has 1 fully saturated rings. The highest BCUT2D eigenvalue weighted by Crippen LogP contribution is 2.29. The average Bonchev–Trinajstić information content (AvgIpc) is 3.12. The van der Waals surface area contributed by atoms with E-state index in [0.29, 0.717) is 12.5 Å². The van der Waals surface area contributed by atoms with Crippen LogP contribution in [0.3, 0.4) is 0 Å². The van der Waals surface area contributed by atoms with E-state index in [1.54, 1.807) is 6.08 Å². The van der Waals surface area contributed by atoms with Gasteiger partial charge in [-0.3, -0.25) is 4.90 Å². The summed E-state index contributed by atoms with van der Waals surface area (Å²) in [7, 11) is 0. The fourth-order valence-corrected chi connectivity index (χ4v) is 3.93. The lowest BCUT2D eigenvalue weighted by molar-refractivity contribution is 0.197. The van der Waals surface area contributed by atoms with E-state index in [1.807, 2.05) is 12.1 Å². The molecule has 0 amide bonds. The highest BCUT2D eigenvalue weighted by atomic mass is 16.5. The summed E-state index contributed by atoms with van der Waals surface area (Å²) in [5.41, 5.74) is 1.25. The van der Waals surface area contributed by atoms with E-state index in [-0.39, 0.29) is 0 Å². The molecule has 0 radical (unpaired) electrons. The monoisotopic (exact) mass is 353 g/mol. The molecule has 3 heterocycles. The van der Waals surface area contributed by atoms with Gasteiger partial charge in [-0.05, 0) is 32.0 Å². The Morgan fingerprint density at radius 3 is 2.88 bits per heavy atom. The Morgan fingerprint density at radius 2 is 2.04 bits per heavy atom. The van der Waals surface area contributed by atoms with Gasteiger partial charge >= 0.3 is 0 Å². The van der Waals surface area contributed by atoms with Gasteiger partial charge in [-0.2, -0.15) is 0 Å². The number of rotatable bonds is 6. The van der Waals surface area contributed by atoms with Crippen LogP contribution >= 0.6 is 0 Å². The molecule has 1 saturated heterocycles. The van der Waals surface area contributed by atoms with Crippen LogP contribution in [0.1, 0.15) is 36.0 Å². The second-order valence-corrected chi connectivity index (χ2v) is 7.06. The predicted octanol–water partition coefficient (Wildman–Crippen LogP) is 2.33. The lowest BCUT2D eigenvalue weighted by atomic mass is 9.95. The Kier molecular flexibility index (Phi) is 5.32. The molecule has 2 aromatic rings. The zero-order valence-corrected chi connectivity index (χ0v) is 15.2. The summed E-state index contributed by atoms with van der Waals surface area (Å²) < 4.78 is 8.13. The van der Waals surface area contributed by atoms with Crippen LogP contribution in [-0.2, 0) is 19.6 Å². The highest BCUT2D eigenvalue weighted by Gasteiger charge is 2.27. The van der Waals surface area contributed by atoms with Gasteiger partial charge in [0.05, 0.1) is 6.54 Å². The van der Waals surface area contributed by atoms with Gasteiger partial charge in [0, 0.05) is 31.1 Å². The Morgan fingerprint density at radius 1 is 1.19 bits per heavy atom. The third-order valence-corrected chi connectivity index (χ3v) is 5.33. The quantitative estimate of drug-likeness (QED) is 0.808. The molecule has 1 aromatic heterocycles. The van der Waals surface area contributed by atoms with Crippen molar-refractivity contribution in [3.8, 4) is 5.75 Å². The van der Waals surface area contributed by atoms with Crippen molar-refractivity contribution in [3.63, 3.8) is 0 Å². The molecule has 0 spiro atoms. The minimum absolute atomic E-state index is 0.526. The molecule has 0 bridgehead atoms. The number of piperidine rings is 1. The van der Waals surface area contributed by atoms with E-state index in [2.05, 4.69) is 43.7 Å². The van der Waals surface area contributed by atoms with Gasteiger partial charge in [0.15, 0.2) is 0 Å². The highest BCUT2D eigenvalue weighted by molar-refractivity contribution is 5.33. The smallest absolute Gasteiger partial charge is 0.147 e. The number of nitrogens with zero attached hydrogens (tertiary/aromatic N) is 4. The van der Waals surface area contributed by atoms with Crippen molar-refractivity contribution in [2.45, 2.75) is 38.4 Å². The van der Waals surface area contributed by atoms with E-state index in [0.717, 1.165) is 63.7 Å². The van der Waals surface area contributed by atoms with Crippen LogP contribution in [0.4, 0.5) is 0 Å². The summed E-state index contributed by atoms with van der Waals surface area (Å²) in [6, 6.07) is 8.31. The van der Waals surface area contributed by atoms with Gasteiger partial charge in [-0.15, -0.1) is 10.2 Å². The number of hydrogen-bond acceptors (Lipinski definition) is 5. The maximum atomic E-state index is 5.80. The van der Waals surface area contributed by atoms with E-state index in [4.69, 9.17) is 4.74 Å². The number of ether oxygens (including phenoxy) is 1. The van der Waals surface area contributed by atoms with Crippen LogP contribution in [-0.4, -0.2) is 45.9 Å². The molecular formula is C20H27N5O. The minimum Gasteiger partial charge on any atom is -0.489 e. The number of hydrogen-bond donors (Lipinski definition) is 1. The first kappa shape index (κ1) is 17.2. The number of benzene rings is 1. The van der Waals surface area contributed by atoms with Gasteiger partial charge < -0.3 is 14.6 Å². The summed E-state index contributed by atoms with van der Waals surface area (Å²) in [5, 5.41) is 12.2. The lowest BCUT2D eigenvalue weighted by Crippen LogP contribution is -2.34. The SMILES string of the molecule is C=CCOc1ccccc1CN1CCC(c2nnc3n2CCNC3)CC1. The summed E-state index contributed by atoms with van der Waals surface area (Å²) in [6.07, 6.45) is 4.07. The Balaban J connectivity index is 1.37. The van der Waals surface area contributed by atoms with Gasteiger partial charge in [0.1, 0.15) is 24.0 Å². The average molecular weight is 353 g/mol. The fourth-order valence-electron chi connectivity index (χ4n) is 3.93. The molecule has 0 aliphatic carbocycles. The molecule has 2 aliphatic heterocycles. The number of aromatic nitrogens is 3. The summed E-state index contributed by atoms with van der Waals surface area (Å²) >= 11 is 0. The fraction of sp³-hybridized carbons (Fsp3) is 0.500. The molecule has 0 atom stereocenters. The predicted molar refractivity (Wildman–Crippen MR) is 101 cm³/mol.